The van der Waals surface area contributed by atoms with Gasteiger partial charge in [0.1, 0.15) is 18.1 Å². The third kappa shape index (κ3) is 12.3. The second-order valence-corrected chi connectivity index (χ2v) is 9.09. The molecule has 1 rings (SSSR count). The van der Waals surface area contributed by atoms with E-state index in [1.54, 1.807) is 0 Å². The normalized spacial score (nSPS) is 16.8. The third-order valence-corrected chi connectivity index (χ3v) is 5.96. The van der Waals surface area contributed by atoms with Crippen molar-refractivity contribution in [2.24, 2.45) is 38.7 Å². The van der Waals surface area contributed by atoms with Gasteiger partial charge in [-0.3, -0.25) is 29.2 Å². The van der Waals surface area contributed by atoms with Crippen molar-refractivity contribution in [3.05, 3.63) is 0 Å². The number of hydrogen-bond donors (Lipinski definition) is 9. The SMILES string of the molecule is NC(N)=NCCCC(NC(=O)C(CCCN=C(N)N)NC(=O)C1CCCN1C(=O)C(N)CCC(=O)O)C(=O)O. The Morgan fingerprint density at radius 2 is 1.44 bits per heavy atom. The fourth-order valence-electron chi connectivity index (χ4n) is 3.99. The summed E-state index contributed by atoms with van der Waals surface area (Å²) in [5, 5.41) is 23.4. The summed E-state index contributed by atoms with van der Waals surface area (Å²) in [4.78, 5) is 70.4. The van der Waals surface area contributed by atoms with Gasteiger partial charge in [-0.2, -0.15) is 0 Å². The highest BCUT2D eigenvalue weighted by molar-refractivity contribution is 5.94. The summed E-state index contributed by atoms with van der Waals surface area (Å²) in [6, 6.07) is -4.43. The molecule has 1 heterocycles. The van der Waals surface area contributed by atoms with E-state index in [-0.39, 0.29) is 70.1 Å². The summed E-state index contributed by atoms with van der Waals surface area (Å²) in [5.41, 5.74) is 27.0. The fourth-order valence-corrected chi connectivity index (χ4v) is 3.99. The molecule has 1 saturated heterocycles. The number of nitrogens with one attached hydrogen (secondary N) is 2. The van der Waals surface area contributed by atoms with Gasteiger partial charge in [0.2, 0.25) is 17.7 Å². The summed E-state index contributed by atoms with van der Waals surface area (Å²) < 4.78 is 0. The molecule has 0 aromatic heterocycles. The summed E-state index contributed by atoms with van der Waals surface area (Å²) in [6.45, 7) is 0.575. The van der Waals surface area contributed by atoms with Crippen LogP contribution >= 0.6 is 0 Å². The summed E-state index contributed by atoms with van der Waals surface area (Å²) in [6.07, 6.45) is 1.10. The van der Waals surface area contributed by atoms with Crippen LogP contribution in [0.3, 0.4) is 0 Å². The number of nitrogens with zero attached hydrogens (tertiary/aromatic N) is 3. The van der Waals surface area contributed by atoms with Crippen LogP contribution in [0, 0.1) is 0 Å². The summed E-state index contributed by atoms with van der Waals surface area (Å²) in [5.74, 6) is -4.58. The van der Waals surface area contributed by atoms with Gasteiger partial charge >= 0.3 is 11.9 Å². The molecule has 0 aromatic rings. The van der Waals surface area contributed by atoms with Crippen molar-refractivity contribution in [3.63, 3.8) is 0 Å². The lowest BCUT2D eigenvalue weighted by atomic mass is 10.1. The number of hydrogen-bond acceptors (Lipinski definition) is 8. The number of aliphatic imine (C=N–C) groups is 2. The molecular formula is C22H40N10O7. The third-order valence-electron chi connectivity index (χ3n) is 5.96. The summed E-state index contributed by atoms with van der Waals surface area (Å²) >= 11 is 0. The minimum absolute atomic E-state index is 0.0334. The second-order valence-electron chi connectivity index (χ2n) is 9.09. The predicted molar refractivity (Wildman–Crippen MR) is 141 cm³/mol. The molecule has 17 heteroatoms. The molecule has 0 radical (unpaired) electrons. The average molecular weight is 557 g/mol. The van der Waals surface area contributed by atoms with Crippen molar-refractivity contribution in [2.45, 2.75) is 75.5 Å². The quantitative estimate of drug-likeness (QED) is 0.0475. The highest BCUT2D eigenvalue weighted by Crippen LogP contribution is 2.20. The average Bonchev–Trinajstić information content (AvgIpc) is 3.35. The molecule has 0 aliphatic carbocycles. The van der Waals surface area contributed by atoms with Crippen LogP contribution in [0.15, 0.2) is 9.98 Å². The van der Waals surface area contributed by atoms with Crippen LogP contribution in [-0.2, 0) is 24.0 Å². The van der Waals surface area contributed by atoms with Crippen molar-refractivity contribution in [2.75, 3.05) is 19.6 Å². The van der Waals surface area contributed by atoms with E-state index in [1.165, 1.54) is 4.90 Å². The van der Waals surface area contributed by atoms with Gasteiger partial charge in [0, 0.05) is 26.1 Å². The number of rotatable bonds is 17. The van der Waals surface area contributed by atoms with Gasteiger partial charge in [-0.15, -0.1) is 0 Å². The van der Waals surface area contributed by atoms with E-state index in [0.717, 1.165) is 0 Å². The maximum atomic E-state index is 13.2. The highest BCUT2D eigenvalue weighted by Gasteiger charge is 2.38. The first-order chi connectivity index (χ1) is 18.3. The zero-order valence-electron chi connectivity index (χ0n) is 21.8. The number of carbonyl (C=O) groups is 5. The van der Waals surface area contributed by atoms with Gasteiger partial charge in [-0.25, -0.2) is 4.79 Å². The van der Waals surface area contributed by atoms with E-state index < -0.39 is 53.8 Å². The molecule has 1 fully saturated rings. The maximum absolute atomic E-state index is 13.2. The van der Waals surface area contributed by atoms with E-state index >= 15 is 0 Å². The molecule has 0 aromatic carbocycles. The number of guanidine groups is 2. The Balaban J connectivity index is 2.94. The number of nitrogens with two attached hydrogens (primary N) is 5. The number of aliphatic carboxylic acids is 2. The lowest BCUT2D eigenvalue weighted by Gasteiger charge is -2.28. The zero-order chi connectivity index (χ0) is 29.5. The number of carboxylic acid groups (broad SMARTS) is 2. The van der Waals surface area contributed by atoms with Crippen molar-refractivity contribution >= 4 is 41.6 Å². The molecule has 0 spiro atoms. The first-order valence-electron chi connectivity index (χ1n) is 12.6. The number of carboxylic acids is 2. The van der Waals surface area contributed by atoms with Crippen LogP contribution in [-0.4, -0.2) is 100 Å². The lowest BCUT2D eigenvalue weighted by Crippen LogP contribution is -2.56. The first kappa shape index (κ1) is 32.9. The van der Waals surface area contributed by atoms with Crippen molar-refractivity contribution in [3.8, 4) is 0 Å². The monoisotopic (exact) mass is 556 g/mol. The fraction of sp³-hybridized carbons (Fsp3) is 0.682. The Bertz CT molecular complexity index is 934. The van der Waals surface area contributed by atoms with Gasteiger partial charge in [0.05, 0.1) is 6.04 Å². The van der Waals surface area contributed by atoms with Gasteiger partial charge < -0.3 is 54.4 Å². The Labute approximate surface area is 225 Å². The van der Waals surface area contributed by atoms with Crippen LogP contribution in [0.25, 0.3) is 0 Å². The topological polar surface area (TPSA) is 308 Å². The minimum atomic E-state index is -1.28. The molecule has 0 saturated carbocycles. The van der Waals surface area contributed by atoms with E-state index in [0.29, 0.717) is 12.8 Å². The highest BCUT2D eigenvalue weighted by atomic mass is 16.4. The molecule has 14 N–H and O–H groups in total. The Morgan fingerprint density at radius 1 is 0.872 bits per heavy atom. The largest absolute Gasteiger partial charge is 0.481 e. The van der Waals surface area contributed by atoms with Gasteiger partial charge in [-0.05, 0) is 44.9 Å². The van der Waals surface area contributed by atoms with E-state index in [4.69, 9.17) is 33.8 Å². The van der Waals surface area contributed by atoms with Crippen LogP contribution in [0.2, 0.25) is 0 Å². The molecule has 3 amide bonds. The number of carbonyl (C=O) groups excluding carboxylic acids is 3. The molecule has 220 valence electrons. The Kier molecular flexibility index (Phi) is 14.0. The predicted octanol–water partition coefficient (Wildman–Crippen LogP) is -3.67. The maximum Gasteiger partial charge on any atom is 0.326 e. The Morgan fingerprint density at radius 3 is 1.95 bits per heavy atom. The van der Waals surface area contributed by atoms with Crippen molar-refractivity contribution in [1.29, 1.82) is 0 Å². The molecule has 4 atom stereocenters. The molecule has 1 aliphatic rings. The molecule has 1 aliphatic heterocycles. The number of likely N-dealkylation sites (tertiary alicyclic amines) is 1. The molecule has 17 nitrogen and oxygen atoms in total. The number of amides is 3. The van der Waals surface area contributed by atoms with Gasteiger partial charge in [-0.1, -0.05) is 0 Å². The molecular weight excluding hydrogens is 516 g/mol. The van der Waals surface area contributed by atoms with E-state index in [9.17, 15) is 29.1 Å². The molecule has 4 unspecified atom stereocenters. The van der Waals surface area contributed by atoms with E-state index in [2.05, 4.69) is 20.6 Å². The van der Waals surface area contributed by atoms with Crippen LogP contribution < -0.4 is 39.3 Å². The van der Waals surface area contributed by atoms with Crippen molar-refractivity contribution < 1.29 is 34.2 Å². The second kappa shape index (κ2) is 16.6. The molecule has 0 bridgehead atoms. The van der Waals surface area contributed by atoms with Crippen LogP contribution in [0.5, 0.6) is 0 Å². The van der Waals surface area contributed by atoms with Crippen LogP contribution in [0.1, 0.15) is 51.4 Å². The Hall–Kier alpha value is -4.15. The van der Waals surface area contributed by atoms with Crippen molar-refractivity contribution in [1.82, 2.24) is 15.5 Å². The minimum Gasteiger partial charge on any atom is -0.481 e. The summed E-state index contributed by atoms with van der Waals surface area (Å²) in [7, 11) is 0. The standard InChI is InChI=1S/C22H40N10O7/c23-12(7-8-16(33)34)19(37)32-11-3-6-15(32)18(36)30-13(4-1-9-28-21(24)25)17(35)31-14(20(38)39)5-2-10-29-22(26)27/h12-15H,1-11,23H2,(H,30,36)(H,31,35)(H,33,34)(H,38,39)(H4,24,25,28)(H4,26,27,29). The molecule has 39 heavy (non-hydrogen) atoms. The zero-order valence-corrected chi connectivity index (χ0v) is 21.8. The van der Waals surface area contributed by atoms with Gasteiger partial charge in [0.25, 0.3) is 0 Å². The lowest BCUT2D eigenvalue weighted by molar-refractivity contribution is -0.143. The van der Waals surface area contributed by atoms with E-state index in [1.807, 2.05) is 0 Å². The van der Waals surface area contributed by atoms with Gasteiger partial charge in [0.15, 0.2) is 11.9 Å². The van der Waals surface area contributed by atoms with Crippen LogP contribution in [0.4, 0.5) is 0 Å². The first-order valence-corrected chi connectivity index (χ1v) is 12.6. The smallest absolute Gasteiger partial charge is 0.326 e.